The predicted octanol–water partition coefficient (Wildman–Crippen LogP) is 2.38. The van der Waals surface area contributed by atoms with Crippen LogP contribution < -0.4 is 0 Å². The Bertz CT molecular complexity index is 502. The van der Waals surface area contributed by atoms with Gasteiger partial charge in [-0.3, -0.25) is 4.90 Å². The molecule has 1 aromatic heterocycles. The van der Waals surface area contributed by atoms with Crippen LogP contribution in [0.3, 0.4) is 0 Å². The molecule has 0 spiro atoms. The lowest BCUT2D eigenvalue weighted by atomic mass is 9.93. The predicted molar refractivity (Wildman–Crippen MR) is 89.1 cm³/mol. The standard InChI is InChI=1S/C17H27N3OS/c1-13-18-16(12-22-13)10-20-6-7-21-17-11-19(8-14-2-3-14)5-4-15(17)9-20/h12,14-15,17H,2-11H2,1H3/t15-,17-/m0/s1. The second-order valence-electron chi connectivity index (χ2n) is 7.25. The van der Waals surface area contributed by atoms with E-state index in [0.29, 0.717) is 12.0 Å². The van der Waals surface area contributed by atoms with E-state index < -0.39 is 0 Å². The van der Waals surface area contributed by atoms with Gasteiger partial charge in [0.2, 0.25) is 0 Å². The molecule has 0 radical (unpaired) electrons. The van der Waals surface area contributed by atoms with Crippen molar-refractivity contribution in [3.63, 3.8) is 0 Å². The topological polar surface area (TPSA) is 28.6 Å². The van der Waals surface area contributed by atoms with E-state index in [1.807, 2.05) is 0 Å². The summed E-state index contributed by atoms with van der Waals surface area (Å²) in [4.78, 5) is 9.82. The fraction of sp³-hybridized carbons (Fsp3) is 0.824. The molecule has 22 heavy (non-hydrogen) atoms. The Morgan fingerprint density at radius 1 is 1.23 bits per heavy atom. The first kappa shape index (κ1) is 15.1. The lowest BCUT2D eigenvalue weighted by Crippen LogP contribution is -2.47. The Morgan fingerprint density at radius 2 is 2.14 bits per heavy atom. The third kappa shape index (κ3) is 3.70. The van der Waals surface area contributed by atoms with Gasteiger partial charge in [0.05, 0.1) is 23.4 Å². The number of fused-ring (bicyclic) bond motifs is 1. The molecule has 3 aliphatic rings. The van der Waals surface area contributed by atoms with Gasteiger partial charge in [0, 0.05) is 44.0 Å². The van der Waals surface area contributed by atoms with E-state index in [1.54, 1.807) is 11.3 Å². The molecule has 0 unspecified atom stereocenters. The zero-order valence-corrected chi connectivity index (χ0v) is 14.4. The summed E-state index contributed by atoms with van der Waals surface area (Å²) in [5.74, 6) is 1.70. The fourth-order valence-electron chi connectivity index (χ4n) is 3.87. The van der Waals surface area contributed by atoms with E-state index >= 15 is 0 Å². The molecule has 4 nitrogen and oxygen atoms in total. The molecule has 0 bridgehead atoms. The largest absolute Gasteiger partial charge is 0.375 e. The Kier molecular flexibility index (Phi) is 4.49. The maximum atomic E-state index is 6.21. The van der Waals surface area contributed by atoms with Crippen molar-refractivity contribution < 1.29 is 4.74 Å². The van der Waals surface area contributed by atoms with Gasteiger partial charge in [0.25, 0.3) is 0 Å². The van der Waals surface area contributed by atoms with Crippen molar-refractivity contribution in [3.8, 4) is 0 Å². The molecule has 0 N–H and O–H groups in total. The van der Waals surface area contributed by atoms with Crippen LogP contribution in [0.5, 0.6) is 0 Å². The van der Waals surface area contributed by atoms with Crippen molar-refractivity contribution in [2.75, 3.05) is 39.3 Å². The lowest BCUT2D eigenvalue weighted by molar-refractivity contribution is -0.0229. The zero-order chi connectivity index (χ0) is 14.9. The summed E-state index contributed by atoms with van der Waals surface area (Å²) in [6, 6.07) is 0. The number of nitrogens with zero attached hydrogens (tertiary/aromatic N) is 3. The quantitative estimate of drug-likeness (QED) is 0.851. The molecule has 1 aliphatic carbocycles. The summed E-state index contributed by atoms with van der Waals surface area (Å²) in [6.07, 6.45) is 4.65. The fourth-order valence-corrected chi connectivity index (χ4v) is 4.47. The number of ether oxygens (including phenoxy) is 1. The minimum atomic E-state index is 0.453. The van der Waals surface area contributed by atoms with Gasteiger partial charge in [-0.1, -0.05) is 0 Å². The van der Waals surface area contributed by atoms with Crippen LogP contribution in [0.1, 0.15) is 30.0 Å². The van der Waals surface area contributed by atoms with Crippen molar-refractivity contribution in [3.05, 3.63) is 16.1 Å². The molecule has 2 atom stereocenters. The molecule has 122 valence electrons. The van der Waals surface area contributed by atoms with Gasteiger partial charge >= 0.3 is 0 Å². The Balaban J connectivity index is 1.33. The SMILES string of the molecule is Cc1nc(CN2CCO[C@H]3CN(CC4CC4)CC[C@H]3C2)cs1. The summed E-state index contributed by atoms with van der Waals surface area (Å²) in [6.45, 7) is 9.92. The number of hydrogen-bond donors (Lipinski definition) is 0. The van der Waals surface area contributed by atoms with E-state index in [4.69, 9.17) is 4.74 Å². The van der Waals surface area contributed by atoms with Crippen molar-refractivity contribution >= 4 is 11.3 Å². The molecule has 3 heterocycles. The average Bonchev–Trinajstić information content (AvgIpc) is 3.25. The highest BCUT2D eigenvalue weighted by Gasteiger charge is 2.35. The second-order valence-corrected chi connectivity index (χ2v) is 8.32. The van der Waals surface area contributed by atoms with E-state index in [0.717, 1.165) is 32.2 Å². The Hall–Kier alpha value is -0.490. The lowest BCUT2D eigenvalue weighted by Gasteiger charge is -2.38. The molecular weight excluding hydrogens is 294 g/mol. The molecule has 1 aromatic rings. The highest BCUT2D eigenvalue weighted by atomic mass is 32.1. The number of thiazole rings is 1. The number of aromatic nitrogens is 1. The van der Waals surface area contributed by atoms with Crippen molar-refractivity contribution in [1.29, 1.82) is 0 Å². The van der Waals surface area contributed by atoms with E-state index in [2.05, 4.69) is 27.1 Å². The van der Waals surface area contributed by atoms with Gasteiger partial charge in [0.1, 0.15) is 0 Å². The number of rotatable bonds is 4. The van der Waals surface area contributed by atoms with Crippen molar-refractivity contribution in [1.82, 2.24) is 14.8 Å². The monoisotopic (exact) mass is 321 g/mol. The van der Waals surface area contributed by atoms with Gasteiger partial charge < -0.3 is 9.64 Å². The van der Waals surface area contributed by atoms with Crippen LogP contribution in [0.4, 0.5) is 0 Å². The van der Waals surface area contributed by atoms with E-state index in [1.165, 1.54) is 49.6 Å². The maximum absolute atomic E-state index is 6.21. The van der Waals surface area contributed by atoms with Crippen LogP contribution >= 0.6 is 11.3 Å². The van der Waals surface area contributed by atoms with Gasteiger partial charge in [-0.2, -0.15) is 0 Å². The van der Waals surface area contributed by atoms with Crippen LogP contribution in [0.15, 0.2) is 5.38 Å². The van der Waals surface area contributed by atoms with Gasteiger partial charge in [-0.15, -0.1) is 11.3 Å². The third-order valence-electron chi connectivity index (χ3n) is 5.28. The van der Waals surface area contributed by atoms with Gasteiger partial charge in [0.15, 0.2) is 0 Å². The zero-order valence-electron chi connectivity index (χ0n) is 13.5. The number of piperidine rings is 1. The summed E-state index contributed by atoms with van der Waals surface area (Å²) in [5.41, 5.74) is 1.23. The summed E-state index contributed by atoms with van der Waals surface area (Å²) < 4.78 is 6.21. The van der Waals surface area contributed by atoms with Crippen LogP contribution in [0.25, 0.3) is 0 Å². The van der Waals surface area contributed by atoms with E-state index in [9.17, 15) is 0 Å². The van der Waals surface area contributed by atoms with Gasteiger partial charge in [-0.25, -0.2) is 4.98 Å². The number of hydrogen-bond acceptors (Lipinski definition) is 5. The molecule has 0 aromatic carbocycles. The normalized spacial score (nSPS) is 31.0. The molecule has 0 amide bonds. The maximum Gasteiger partial charge on any atom is 0.0897 e. The Labute approximate surface area is 137 Å². The van der Waals surface area contributed by atoms with Crippen molar-refractivity contribution in [2.24, 2.45) is 11.8 Å². The molecule has 2 aliphatic heterocycles. The van der Waals surface area contributed by atoms with Crippen LogP contribution in [-0.2, 0) is 11.3 Å². The molecule has 4 rings (SSSR count). The first-order valence-corrected chi connectivity index (χ1v) is 9.61. The smallest absolute Gasteiger partial charge is 0.0897 e. The first-order valence-electron chi connectivity index (χ1n) is 8.73. The molecule has 5 heteroatoms. The number of likely N-dealkylation sites (tertiary alicyclic amines) is 1. The van der Waals surface area contributed by atoms with Crippen LogP contribution in [0.2, 0.25) is 0 Å². The highest BCUT2D eigenvalue weighted by molar-refractivity contribution is 7.09. The van der Waals surface area contributed by atoms with Crippen LogP contribution in [-0.4, -0.2) is 60.2 Å². The van der Waals surface area contributed by atoms with Crippen molar-refractivity contribution in [2.45, 2.75) is 38.8 Å². The third-order valence-corrected chi connectivity index (χ3v) is 6.10. The molecule has 3 fully saturated rings. The molecular formula is C17H27N3OS. The second kappa shape index (κ2) is 6.56. The molecule has 2 saturated heterocycles. The average molecular weight is 321 g/mol. The molecule has 1 saturated carbocycles. The van der Waals surface area contributed by atoms with Crippen LogP contribution in [0, 0.1) is 18.8 Å². The summed E-state index contributed by atoms with van der Waals surface area (Å²) in [5, 5.41) is 3.38. The minimum absolute atomic E-state index is 0.453. The summed E-state index contributed by atoms with van der Waals surface area (Å²) in [7, 11) is 0. The van der Waals surface area contributed by atoms with Gasteiger partial charge in [-0.05, 0) is 38.6 Å². The summed E-state index contributed by atoms with van der Waals surface area (Å²) >= 11 is 1.76. The van der Waals surface area contributed by atoms with E-state index in [-0.39, 0.29) is 0 Å². The minimum Gasteiger partial charge on any atom is -0.375 e. The first-order chi connectivity index (χ1) is 10.8. The Morgan fingerprint density at radius 3 is 2.91 bits per heavy atom. The highest BCUT2D eigenvalue weighted by Crippen LogP contribution is 2.32. The number of aryl methyl sites for hydroxylation is 1.